The van der Waals surface area contributed by atoms with Gasteiger partial charge < -0.3 is 10.2 Å². The molecule has 6 nitrogen and oxygen atoms in total. The van der Waals surface area contributed by atoms with Crippen LogP contribution in [-0.4, -0.2) is 24.6 Å². The van der Waals surface area contributed by atoms with Crippen molar-refractivity contribution in [3.63, 3.8) is 0 Å². The summed E-state index contributed by atoms with van der Waals surface area (Å²) in [6, 6.07) is 6.97. The highest BCUT2D eigenvalue weighted by molar-refractivity contribution is 7.91. The van der Waals surface area contributed by atoms with Gasteiger partial charge in [-0.25, -0.2) is 8.42 Å². The summed E-state index contributed by atoms with van der Waals surface area (Å²) in [5.74, 6) is -1.35. The number of carboxylic acids is 1. The standard InChI is InChI=1S/C13H13NO5S2/c1-8-2-7-11(20-8)21(18,19)14-12(13(16)17)9-3-5-10(15)6-4-9/h2-7,12,14-15H,1H3,(H,16,17)/t12-/m0/s1. The first-order chi connectivity index (χ1) is 9.79. The molecule has 1 aromatic carbocycles. The molecule has 2 rings (SSSR count). The van der Waals surface area contributed by atoms with Crippen LogP contribution in [0.3, 0.4) is 0 Å². The maximum Gasteiger partial charge on any atom is 0.326 e. The number of hydrogen-bond donors (Lipinski definition) is 3. The molecule has 0 fully saturated rings. The molecular formula is C13H13NO5S2. The van der Waals surface area contributed by atoms with Crippen LogP contribution in [0, 0.1) is 6.92 Å². The van der Waals surface area contributed by atoms with E-state index in [1.807, 2.05) is 0 Å². The number of carbonyl (C=O) groups is 1. The quantitative estimate of drug-likeness (QED) is 0.778. The summed E-state index contributed by atoms with van der Waals surface area (Å²) in [6.07, 6.45) is 0. The van der Waals surface area contributed by atoms with Crippen LogP contribution in [0.5, 0.6) is 5.75 Å². The molecule has 0 spiro atoms. The number of phenolic OH excluding ortho intramolecular Hbond substituents is 1. The Morgan fingerprint density at radius 3 is 2.29 bits per heavy atom. The van der Waals surface area contributed by atoms with Gasteiger partial charge in [0.1, 0.15) is 16.0 Å². The molecule has 0 amide bonds. The molecule has 0 saturated carbocycles. The number of benzene rings is 1. The van der Waals surface area contributed by atoms with Crippen LogP contribution >= 0.6 is 11.3 Å². The van der Waals surface area contributed by atoms with Crippen molar-refractivity contribution in [1.29, 1.82) is 0 Å². The molecule has 0 aliphatic carbocycles. The highest BCUT2D eigenvalue weighted by atomic mass is 32.2. The van der Waals surface area contributed by atoms with Crippen molar-refractivity contribution in [1.82, 2.24) is 4.72 Å². The van der Waals surface area contributed by atoms with Crippen LogP contribution in [0.4, 0.5) is 0 Å². The molecule has 1 aromatic heterocycles. The first-order valence-corrected chi connectivity index (χ1v) is 8.20. The minimum atomic E-state index is -3.92. The van der Waals surface area contributed by atoms with Crippen LogP contribution < -0.4 is 4.72 Å². The molecular weight excluding hydrogens is 314 g/mol. The van der Waals surface area contributed by atoms with Crippen LogP contribution in [0.25, 0.3) is 0 Å². The molecule has 2 aromatic rings. The molecule has 0 saturated heterocycles. The molecule has 21 heavy (non-hydrogen) atoms. The summed E-state index contributed by atoms with van der Waals surface area (Å²) < 4.78 is 26.6. The van der Waals surface area contributed by atoms with Gasteiger partial charge in [-0.05, 0) is 36.8 Å². The molecule has 0 aliphatic heterocycles. The number of thiophene rings is 1. The largest absolute Gasteiger partial charge is 0.508 e. The van der Waals surface area contributed by atoms with Crippen molar-refractivity contribution in [3.8, 4) is 5.75 Å². The van der Waals surface area contributed by atoms with Crippen molar-refractivity contribution >= 4 is 27.3 Å². The number of sulfonamides is 1. The predicted octanol–water partition coefficient (Wildman–Crippen LogP) is 1.87. The van der Waals surface area contributed by atoms with E-state index in [-0.39, 0.29) is 15.5 Å². The molecule has 1 atom stereocenters. The maximum atomic E-state index is 12.2. The van der Waals surface area contributed by atoms with Gasteiger partial charge in [0.25, 0.3) is 10.0 Å². The average Bonchev–Trinajstić information content (AvgIpc) is 2.84. The lowest BCUT2D eigenvalue weighted by molar-refractivity contribution is -0.139. The van der Waals surface area contributed by atoms with Gasteiger partial charge in [0.05, 0.1) is 0 Å². The van der Waals surface area contributed by atoms with Gasteiger partial charge in [0, 0.05) is 4.88 Å². The Labute approximate surface area is 125 Å². The van der Waals surface area contributed by atoms with Crippen LogP contribution in [0.1, 0.15) is 16.5 Å². The van der Waals surface area contributed by atoms with E-state index in [4.69, 9.17) is 0 Å². The van der Waals surface area contributed by atoms with Gasteiger partial charge in [-0.1, -0.05) is 12.1 Å². The zero-order valence-corrected chi connectivity index (χ0v) is 12.6. The average molecular weight is 327 g/mol. The third kappa shape index (κ3) is 3.60. The van der Waals surface area contributed by atoms with E-state index >= 15 is 0 Å². The third-order valence-electron chi connectivity index (χ3n) is 2.73. The Kier molecular flexibility index (Phi) is 4.31. The highest BCUT2D eigenvalue weighted by Gasteiger charge is 2.27. The Morgan fingerprint density at radius 2 is 1.81 bits per heavy atom. The Hall–Kier alpha value is -1.90. The number of hydrogen-bond acceptors (Lipinski definition) is 5. The molecule has 0 unspecified atom stereocenters. The van der Waals surface area contributed by atoms with Gasteiger partial charge in [-0.3, -0.25) is 4.79 Å². The van der Waals surface area contributed by atoms with Crippen molar-refractivity contribution < 1.29 is 23.4 Å². The highest BCUT2D eigenvalue weighted by Crippen LogP contribution is 2.24. The zero-order chi connectivity index (χ0) is 15.6. The lowest BCUT2D eigenvalue weighted by Gasteiger charge is -2.14. The second-order valence-electron chi connectivity index (χ2n) is 4.35. The molecule has 8 heteroatoms. The monoisotopic (exact) mass is 327 g/mol. The first kappa shape index (κ1) is 15.5. The van der Waals surface area contributed by atoms with E-state index in [0.29, 0.717) is 0 Å². The first-order valence-electron chi connectivity index (χ1n) is 5.90. The fourth-order valence-corrected chi connectivity index (χ4v) is 4.18. The van der Waals surface area contributed by atoms with Crippen LogP contribution in [0.2, 0.25) is 0 Å². The molecule has 0 radical (unpaired) electrons. The van der Waals surface area contributed by atoms with Crippen molar-refractivity contribution in [2.75, 3.05) is 0 Å². The second-order valence-corrected chi connectivity index (χ2v) is 7.58. The fourth-order valence-electron chi connectivity index (χ4n) is 1.70. The summed E-state index contributed by atoms with van der Waals surface area (Å²) in [6.45, 7) is 1.76. The van der Waals surface area contributed by atoms with E-state index in [1.165, 1.54) is 30.3 Å². The Bertz CT molecular complexity index is 749. The van der Waals surface area contributed by atoms with E-state index in [1.54, 1.807) is 13.0 Å². The van der Waals surface area contributed by atoms with Gasteiger partial charge >= 0.3 is 5.97 Å². The van der Waals surface area contributed by atoms with E-state index in [9.17, 15) is 23.4 Å². The Morgan fingerprint density at radius 1 is 1.19 bits per heavy atom. The minimum absolute atomic E-state index is 0.0281. The number of carboxylic acid groups (broad SMARTS) is 1. The SMILES string of the molecule is Cc1ccc(S(=O)(=O)N[C@H](C(=O)O)c2ccc(O)cc2)s1. The third-order valence-corrected chi connectivity index (χ3v) is 5.64. The van der Waals surface area contributed by atoms with Gasteiger partial charge in [0.15, 0.2) is 0 Å². The smallest absolute Gasteiger partial charge is 0.326 e. The van der Waals surface area contributed by atoms with E-state index in [0.717, 1.165) is 16.2 Å². The number of aryl methyl sites for hydroxylation is 1. The van der Waals surface area contributed by atoms with E-state index < -0.39 is 22.0 Å². The van der Waals surface area contributed by atoms with Crippen molar-refractivity contribution in [2.45, 2.75) is 17.2 Å². The van der Waals surface area contributed by atoms with Gasteiger partial charge in [-0.15, -0.1) is 11.3 Å². The maximum absolute atomic E-state index is 12.2. The van der Waals surface area contributed by atoms with Crippen molar-refractivity contribution in [2.24, 2.45) is 0 Å². The predicted molar refractivity (Wildman–Crippen MR) is 77.9 cm³/mol. The number of nitrogens with one attached hydrogen (secondary N) is 1. The molecule has 3 N–H and O–H groups in total. The van der Waals surface area contributed by atoms with Crippen LogP contribution in [-0.2, 0) is 14.8 Å². The summed E-state index contributed by atoms with van der Waals surface area (Å²) in [7, 11) is -3.92. The number of rotatable bonds is 5. The number of phenols is 1. The molecule has 112 valence electrons. The summed E-state index contributed by atoms with van der Waals surface area (Å²) in [5, 5.41) is 18.4. The summed E-state index contributed by atoms with van der Waals surface area (Å²) >= 11 is 1.06. The van der Waals surface area contributed by atoms with Gasteiger partial charge in [0.2, 0.25) is 0 Å². The fraction of sp³-hybridized carbons (Fsp3) is 0.154. The minimum Gasteiger partial charge on any atom is -0.508 e. The lowest BCUT2D eigenvalue weighted by Crippen LogP contribution is -2.33. The number of aromatic hydroxyl groups is 1. The normalized spacial score (nSPS) is 13.0. The van der Waals surface area contributed by atoms with Gasteiger partial charge in [-0.2, -0.15) is 4.72 Å². The topological polar surface area (TPSA) is 104 Å². The molecule has 1 heterocycles. The van der Waals surface area contributed by atoms with Crippen molar-refractivity contribution in [3.05, 3.63) is 46.8 Å². The number of aliphatic carboxylic acids is 1. The van der Waals surface area contributed by atoms with E-state index in [2.05, 4.69) is 4.72 Å². The summed E-state index contributed by atoms with van der Waals surface area (Å²) in [4.78, 5) is 12.1. The Balaban J connectivity index is 2.32. The second kappa shape index (κ2) is 5.84. The molecule has 0 aliphatic rings. The molecule has 0 bridgehead atoms. The van der Waals surface area contributed by atoms with Crippen LogP contribution in [0.15, 0.2) is 40.6 Å². The summed E-state index contributed by atoms with van der Waals surface area (Å²) in [5.41, 5.74) is 0.233. The zero-order valence-electron chi connectivity index (χ0n) is 11.0. The lowest BCUT2D eigenvalue weighted by atomic mass is 10.1.